The molecule has 0 spiro atoms. The molecule has 0 fully saturated rings. The van der Waals surface area contributed by atoms with E-state index in [0.29, 0.717) is 23.1 Å². The maximum absolute atomic E-state index is 12.8. The Morgan fingerprint density at radius 2 is 1.73 bits per heavy atom. The van der Waals surface area contributed by atoms with E-state index in [1.165, 1.54) is 11.8 Å². The maximum Gasteiger partial charge on any atom is 0.251 e. The van der Waals surface area contributed by atoms with E-state index in [-0.39, 0.29) is 29.5 Å². The van der Waals surface area contributed by atoms with Crippen molar-refractivity contribution in [2.75, 3.05) is 11.1 Å². The standard InChI is InChI=1S/C25H31N5O2S/c1-6-30-23(22(16(2)3)27-24(32)19-13-11-17(4)12-14-19)28-29-25(30)33-15-21(31)26-20-10-8-7-9-18(20)5/h7-14,16,22H,6,15H2,1-5H3,(H,26,31)(H,27,32)/t22-/m1/s1. The lowest BCUT2D eigenvalue weighted by Gasteiger charge is -2.22. The van der Waals surface area contributed by atoms with Crippen LogP contribution in [0.15, 0.2) is 53.7 Å². The quantitative estimate of drug-likeness (QED) is 0.444. The third kappa shape index (κ3) is 6.22. The second-order valence-corrected chi connectivity index (χ2v) is 9.24. The topological polar surface area (TPSA) is 88.9 Å². The molecule has 33 heavy (non-hydrogen) atoms. The molecule has 0 bridgehead atoms. The first kappa shape index (κ1) is 24.5. The Labute approximate surface area is 199 Å². The van der Waals surface area contributed by atoms with Crippen molar-refractivity contribution in [3.8, 4) is 0 Å². The van der Waals surface area contributed by atoms with Crippen molar-refractivity contribution in [3.05, 3.63) is 71.0 Å². The number of nitrogens with zero attached hydrogens (tertiary/aromatic N) is 3. The van der Waals surface area contributed by atoms with Crippen LogP contribution >= 0.6 is 11.8 Å². The van der Waals surface area contributed by atoms with Crippen molar-refractivity contribution < 1.29 is 9.59 Å². The molecule has 2 aromatic carbocycles. The largest absolute Gasteiger partial charge is 0.342 e. The molecule has 0 aliphatic heterocycles. The van der Waals surface area contributed by atoms with Gasteiger partial charge in [-0.15, -0.1) is 10.2 Å². The Morgan fingerprint density at radius 3 is 2.36 bits per heavy atom. The highest BCUT2D eigenvalue weighted by Gasteiger charge is 2.26. The molecule has 7 nitrogen and oxygen atoms in total. The van der Waals surface area contributed by atoms with Crippen LogP contribution in [0, 0.1) is 19.8 Å². The van der Waals surface area contributed by atoms with Gasteiger partial charge in [0.05, 0.1) is 11.8 Å². The number of thioether (sulfide) groups is 1. The Kier molecular flexibility index (Phi) is 8.27. The molecule has 1 atom stereocenters. The van der Waals surface area contributed by atoms with Gasteiger partial charge in [-0.3, -0.25) is 9.59 Å². The number of hydrogen-bond acceptors (Lipinski definition) is 5. The monoisotopic (exact) mass is 465 g/mol. The molecule has 0 unspecified atom stereocenters. The second kappa shape index (κ2) is 11.1. The molecule has 0 saturated carbocycles. The summed E-state index contributed by atoms with van der Waals surface area (Å²) in [6, 6.07) is 14.9. The van der Waals surface area contributed by atoms with Crippen LogP contribution in [0.4, 0.5) is 5.69 Å². The SMILES string of the molecule is CCn1c(SCC(=O)Nc2ccccc2C)nnc1[C@H](NC(=O)c1ccc(C)cc1)C(C)C. The molecule has 0 radical (unpaired) electrons. The van der Waals surface area contributed by atoms with E-state index >= 15 is 0 Å². The normalized spacial score (nSPS) is 11.9. The number of nitrogens with one attached hydrogen (secondary N) is 2. The second-order valence-electron chi connectivity index (χ2n) is 8.30. The molecule has 3 rings (SSSR count). The lowest BCUT2D eigenvalue weighted by molar-refractivity contribution is -0.113. The molecule has 2 N–H and O–H groups in total. The third-order valence-corrected chi connectivity index (χ3v) is 6.33. The average molecular weight is 466 g/mol. The van der Waals surface area contributed by atoms with Gasteiger partial charge in [0.2, 0.25) is 5.91 Å². The van der Waals surface area contributed by atoms with Crippen LogP contribution in [0.3, 0.4) is 0 Å². The molecular weight excluding hydrogens is 434 g/mol. The minimum atomic E-state index is -0.304. The lowest BCUT2D eigenvalue weighted by atomic mass is 10.0. The summed E-state index contributed by atoms with van der Waals surface area (Å²) in [5.41, 5.74) is 3.53. The maximum atomic E-state index is 12.8. The van der Waals surface area contributed by atoms with E-state index < -0.39 is 0 Å². The molecule has 0 aliphatic rings. The fraction of sp³-hybridized carbons (Fsp3) is 0.360. The van der Waals surface area contributed by atoms with Gasteiger partial charge in [0.1, 0.15) is 0 Å². The minimum absolute atomic E-state index is 0.102. The highest BCUT2D eigenvalue weighted by atomic mass is 32.2. The fourth-order valence-electron chi connectivity index (χ4n) is 3.42. The fourth-order valence-corrected chi connectivity index (χ4v) is 4.23. The molecule has 3 aromatic rings. The Hall–Kier alpha value is -3.13. The van der Waals surface area contributed by atoms with Gasteiger partial charge >= 0.3 is 0 Å². The first-order valence-electron chi connectivity index (χ1n) is 11.1. The first-order chi connectivity index (χ1) is 15.8. The van der Waals surface area contributed by atoms with Crippen molar-refractivity contribution >= 4 is 29.3 Å². The van der Waals surface area contributed by atoms with Gasteiger partial charge in [-0.1, -0.05) is 61.5 Å². The number of carbonyl (C=O) groups is 2. The van der Waals surface area contributed by atoms with Crippen molar-refractivity contribution in [3.63, 3.8) is 0 Å². The third-order valence-electron chi connectivity index (χ3n) is 5.36. The van der Waals surface area contributed by atoms with Gasteiger partial charge in [-0.05, 0) is 50.5 Å². The number of aromatic nitrogens is 3. The molecule has 174 valence electrons. The Bertz CT molecular complexity index is 1110. The zero-order chi connectivity index (χ0) is 24.0. The number of rotatable bonds is 9. The van der Waals surface area contributed by atoms with Gasteiger partial charge in [0.25, 0.3) is 5.91 Å². The highest BCUT2D eigenvalue weighted by Crippen LogP contribution is 2.26. The van der Waals surface area contributed by atoms with E-state index in [4.69, 9.17) is 0 Å². The molecule has 1 heterocycles. The van der Waals surface area contributed by atoms with Crippen molar-refractivity contribution in [1.82, 2.24) is 20.1 Å². The summed E-state index contributed by atoms with van der Waals surface area (Å²) in [6.45, 7) is 10.7. The van der Waals surface area contributed by atoms with E-state index in [9.17, 15) is 9.59 Å². The summed E-state index contributed by atoms with van der Waals surface area (Å²) in [6.07, 6.45) is 0. The van der Waals surface area contributed by atoms with Crippen molar-refractivity contribution in [2.45, 2.75) is 52.4 Å². The van der Waals surface area contributed by atoms with Crippen molar-refractivity contribution in [2.24, 2.45) is 5.92 Å². The van der Waals surface area contributed by atoms with E-state index in [1.807, 2.05) is 87.7 Å². The Morgan fingerprint density at radius 1 is 1.03 bits per heavy atom. The van der Waals surface area contributed by atoms with E-state index in [2.05, 4.69) is 20.8 Å². The van der Waals surface area contributed by atoms with Gasteiger partial charge in [0.15, 0.2) is 11.0 Å². The van der Waals surface area contributed by atoms with Gasteiger partial charge in [0, 0.05) is 17.8 Å². The number of hydrogen-bond donors (Lipinski definition) is 2. The van der Waals surface area contributed by atoms with Gasteiger partial charge in [-0.2, -0.15) is 0 Å². The van der Waals surface area contributed by atoms with Gasteiger partial charge in [-0.25, -0.2) is 0 Å². The predicted molar refractivity (Wildman–Crippen MR) is 132 cm³/mol. The molecule has 8 heteroatoms. The summed E-state index contributed by atoms with van der Waals surface area (Å²) in [4.78, 5) is 25.3. The molecule has 1 aromatic heterocycles. The first-order valence-corrected chi connectivity index (χ1v) is 12.1. The van der Waals surface area contributed by atoms with Crippen LogP contribution in [-0.2, 0) is 11.3 Å². The zero-order valence-electron chi connectivity index (χ0n) is 19.8. The molecule has 2 amide bonds. The minimum Gasteiger partial charge on any atom is -0.342 e. The van der Waals surface area contributed by atoms with E-state index in [1.54, 1.807) is 0 Å². The predicted octanol–water partition coefficient (Wildman–Crippen LogP) is 4.77. The zero-order valence-corrected chi connectivity index (χ0v) is 20.6. The van der Waals surface area contributed by atoms with Crippen LogP contribution < -0.4 is 10.6 Å². The van der Waals surface area contributed by atoms with Crippen LogP contribution in [0.2, 0.25) is 0 Å². The van der Waals surface area contributed by atoms with Crippen molar-refractivity contribution in [1.29, 1.82) is 0 Å². The number of amides is 2. The smallest absolute Gasteiger partial charge is 0.251 e. The number of anilines is 1. The molecular formula is C25H31N5O2S. The number of aryl methyl sites for hydroxylation is 2. The molecule has 0 saturated heterocycles. The summed E-state index contributed by atoms with van der Waals surface area (Å²) in [5.74, 6) is 0.765. The summed E-state index contributed by atoms with van der Waals surface area (Å²) in [5, 5.41) is 15.4. The number of benzene rings is 2. The van der Waals surface area contributed by atoms with Gasteiger partial charge < -0.3 is 15.2 Å². The summed E-state index contributed by atoms with van der Waals surface area (Å²) >= 11 is 1.34. The average Bonchev–Trinajstić information content (AvgIpc) is 3.20. The van der Waals surface area contributed by atoms with Crippen LogP contribution in [-0.4, -0.2) is 32.3 Å². The van der Waals surface area contributed by atoms with Crippen LogP contribution in [0.25, 0.3) is 0 Å². The lowest BCUT2D eigenvalue weighted by Crippen LogP contribution is -2.33. The number of carbonyl (C=O) groups excluding carboxylic acids is 2. The number of para-hydroxylation sites is 1. The van der Waals surface area contributed by atoms with Crippen LogP contribution in [0.5, 0.6) is 0 Å². The van der Waals surface area contributed by atoms with E-state index in [0.717, 1.165) is 16.8 Å². The molecule has 0 aliphatic carbocycles. The summed E-state index contributed by atoms with van der Waals surface area (Å²) in [7, 11) is 0. The van der Waals surface area contributed by atoms with Crippen LogP contribution in [0.1, 0.15) is 54.1 Å². The summed E-state index contributed by atoms with van der Waals surface area (Å²) < 4.78 is 1.96. The Balaban J connectivity index is 1.71. The highest BCUT2D eigenvalue weighted by molar-refractivity contribution is 7.99.